The zero-order valence-electron chi connectivity index (χ0n) is 10.8. The third-order valence-corrected chi connectivity index (χ3v) is 4.10. The summed E-state index contributed by atoms with van der Waals surface area (Å²) in [4.78, 5) is 8.59. The summed E-state index contributed by atoms with van der Waals surface area (Å²) in [5.41, 5.74) is 7.90. The molecule has 3 rings (SSSR count). The molecule has 1 aromatic carbocycles. The number of rotatable bonds is 3. The van der Waals surface area contributed by atoms with E-state index in [9.17, 15) is 0 Å². The summed E-state index contributed by atoms with van der Waals surface area (Å²) in [5.74, 6) is 0.840. The molecule has 0 saturated carbocycles. The summed E-state index contributed by atoms with van der Waals surface area (Å²) in [6, 6.07) is 9.11. The van der Waals surface area contributed by atoms with Gasteiger partial charge >= 0.3 is 0 Å². The summed E-state index contributed by atoms with van der Waals surface area (Å²) in [5, 5.41) is 4.59. The first-order chi connectivity index (χ1) is 10.2. The fraction of sp³-hybridized carbons (Fsp3) is 0.0714. The number of pyridine rings is 1. The van der Waals surface area contributed by atoms with E-state index in [-0.39, 0.29) is 0 Å². The van der Waals surface area contributed by atoms with Crippen molar-refractivity contribution in [1.82, 2.24) is 15.1 Å². The number of hydrogen-bond acceptors (Lipinski definition) is 5. The van der Waals surface area contributed by atoms with Crippen LogP contribution < -0.4 is 5.73 Å². The smallest absolute Gasteiger partial charge is 0.276 e. The average Bonchev–Trinajstić information content (AvgIpc) is 3.00. The number of nitrogens with zero attached hydrogens (tertiary/aromatic N) is 3. The molecule has 106 valence electrons. The maximum absolute atomic E-state index is 5.97. The van der Waals surface area contributed by atoms with Crippen LogP contribution in [0.5, 0.6) is 0 Å². The number of hydrogen-bond donors (Lipinski definition) is 1. The van der Waals surface area contributed by atoms with Crippen LogP contribution in [0.4, 0.5) is 0 Å². The van der Waals surface area contributed by atoms with Gasteiger partial charge in [-0.3, -0.25) is 4.98 Å². The fourth-order valence-electron chi connectivity index (χ4n) is 1.75. The molecule has 0 aliphatic heterocycles. The van der Waals surface area contributed by atoms with Crippen molar-refractivity contribution in [3.05, 3.63) is 51.6 Å². The molecule has 0 amide bonds. The average molecular weight is 366 g/mol. The van der Waals surface area contributed by atoms with Crippen molar-refractivity contribution in [2.75, 3.05) is 0 Å². The summed E-state index contributed by atoms with van der Waals surface area (Å²) in [7, 11) is 0. The molecule has 0 saturated heterocycles. The summed E-state index contributed by atoms with van der Waals surface area (Å²) < 4.78 is 6.02. The van der Waals surface area contributed by atoms with E-state index in [4.69, 9.17) is 21.9 Å². The van der Waals surface area contributed by atoms with Gasteiger partial charge in [0, 0.05) is 22.8 Å². The van der Waals surface area contributed by atoms with Gasteiger partial charge in [-0.1, -0.05) is 22.8 Å². The summed E-state index contributed by atoms with van der Waals surface area (Å²) in [6.07, 6.45) is 1.69. The van der Waals surface area contributed by atoms with Gasteiger partial charge in [-0.15, -0.1) is 0 Å². The minimum atomic E-state index is 0.361. The molecule has 2 aromatic heterocycles. The number of nitrogens with two attached hydrogens (primary N) is 1. The van der Waals surface area contributed by atoms with E-state index in [1.165, 1.54) is 0 Å². The van der Waals surface area contributed by atoms with E-state index in [2.05, 4.69) is 31.1 Å². The van der Waals surface area contributed by atoms with Crippen LogP contribution in [0.3, 0.4) is 0 Å². The standard InChI is InChI=1S/C14H10BrClN4O/c15-10-5-9(2-3-11(10)16)13-19-14(21-20-13)12-4-1-8(6-17)7-18-12/h1-5,7H,6,17H2. The topological polar surface area (TPSA) is 77.8 Å². The number of halogens is 2. The summed E-state index contributed by atoms with van der Waals surface area (Å²) in [6.45, 7) is 0.446. The van der Waals surface area contributed by atoms with Crippen LogP contribution in [-0.4, -0.2) is 15.1 Å². The monoisotopic (exact) mass is 364 g/mol. The molecule has 3 aromatic rings. The Morgan fingerprint density at radius 2 is 2.10 bits per heavy atom. The van der Waals surface area contributed by atoms with Gasteiger partial charge < -0.3 is 10.3 Å². The van der Waals surface area contributed by atoms with Crippen LogP contribution in [0.1, 0.15) is 5.56 Å². The molecular formula is C14H10BrClN4O. The third-order valence-electron chi connectivity index (χ3n) is 2.88. The SMILES string of the molecule is NCc1ccc(-c2nc(-c3ccc(Cl)c(Br)c3)no2)nc1. The molecule has 0 atom stereocenters. The Hall–Kier alpha value is -1.76. The zero-order chi connectivity index (χ0) is 14.8. The Morgan fingerprint density at radius 1 is 1.24 bits per heavy atom. The molecule has 2 N–H and O–H groups in total. The lowest BCUT2D eigenvalue weighted by molar-refractivity contribution is 0.431. The van der Waals surface area contributed by atoms with Crippen LogP contribution in [0.25, 0.3) is 23.0 Å². The minimum absolute atomic E-state index is 0.361. The zero-order valence-corrected chi connectivity index (χ0v) is 13.1. The van der Waals surface area contributed by atoms with E-state index in [1.54, 1.807) is 18.3 Å². The molecule has 0 fully saturated rings. The van der Waals surface area contributed by atoms with E-state index in [0.717, 1.165) is 15.6 Å². The van der Waals surface area contributed by atoms with Gasteiger partial charge in [-0.2, -0.15) is 4.98 Å². The quantitative estimate of drug-likeness (QED) is 0.766. The molecule has 0 radical (unpaired) electrons. The Balaban J connectivity index is 1.93. The molecule has 7 heteroatoms. The van der Waals surface area contributed by atoms with Crippen molar-refractivity contribution < 1.29 is 4.52 Å². The largest absolute Gasteiger partial charge is 0.332 e. The normalized spacial score (nSPS) is 10.8. The second-order valence-corrected chi connectivity index (χ2v) is 5.57. The van der Waals surface area contributed by atoms with Crippen molar-refractivity contribution in [3.63, 3.8) is 0 Å². The van der Waals surface area contributed by atoms with Crippen molar-refractivity contribution in [2.45, 2.75) is 6.54 Å². The van der Waals surface area contributed by atoms with Crippen LogP contribution in [0.2, 0.25) is 5.02 Å². The van der Waals surface area contributed by atoms with Crippen LogP contribution in [-0.2, 0) is 6.54 Å². The molecule has 0 bridgehead atoms. The predicted octanol–water partition coefficient (Wildman–Crippen LogP) is 3.67. The molecule has 5 nitrogen and oxygen atoms in total. The van der Waals surface area contributed by atoms with Crippen molar-refractivity contribution in [3.8, 4) is 23.0 Å². The van der Waals surface area contributed by atoms with Crippen LogP contribution in [0.15, 0.2) is 45.5 Å². The summed E-state index contributed by atoms with van der Waals surface area (Å²) >= 11 is 9.34. The molecular weight excluding hydrogens is 356 g/mol. The fourth-order valence-corrected chi connectivity index (χ4v) is 2.25. The molecule has 2 heterocycles. The first kappa shape index (κ1) is 14.2. The second kappa shape index (κ2) is 5.93. The molecule has 0 aliphatic carbocycles. The first-order valence-electron chi connectivity index (χ1n) is 6.12. The molecule has 21 heavy (non-hydrogen) atoms. The third kappa shape index (κ3) is 2.97. The lowest BCUT2D eigenvalue weighted by Gasteiger charge is -1.98. The lowest BCUT2D eigenvalue weighted by atomic mass is 10.2. The van der Waals surface area contributed by atoms with E-state index in [0.29, 0.717) is 29.0 Å². The van der Waals surface area contributed by atoms with Crippen molar-refractivity contribution in [1.29, 1.82) is 0 Å². The highest BCUT2D eigenvalue weighted by Crippen LogP contribution is 2.28. The minimum Gasteiger partial charge on any atom is -0.332 e. The highest BCUT2D eigenvalue weighted by molar-refractivity contribution is 9.10. The Kier molecular flexibility index (Phi) is 4.01. The van der Waals surface area contributed by atoms with Crippen molar-refractivity contribution >= 4 is 27.5 Å². The molecule has 0 aliphatic rings. The first-order valence-corrected chi connectivity index (χ1v) is 7.29. The maximum Gasteiger partial charge on any atom is 0.276 e. The Bertz CT molecular complexity index is 773. The highest BCUT2D eigenvalue weighted by atomic mass is 79.9. The van der Waals surface area contributed by atoms with Crippen LogP contribution >= 0.6 is 27.5 Å². The number of aromatic nitrogens is 3. The predicted molar refractivity (Wildman–Crippen MR) is 83.6 cm³/mol. The Morgan fingerprint density at radius 3 is 2.76 bits per heavy atom. The van der Waals surface area contributed by atoms with E-state index < -0.39 is 0 Å². The van der Waals surface area contributed by atoms with Gasteiger partial charge in [0.05, 0.1) is 5.02 Å². The van der Waals surface area contributed by atoms with Crippen molar-refractivity contribution in [2.24, 2.45) is 5.73 Å². The highest BCUT2D eigenvalue weighted by Gasteiger charge is 2.12. The van der Waals surface area contributed by atoms with Gasteiger partial charge in [0.2, 0.25) is 5.82 Å². The van der Waals surface area contributed by atoms with E-state index in [1.807, 2.05) is 18.2 Å². The number of benzene rings is 1. The maximum atomic E-state index is 5.97. The lowest BCUT2D eigenvalue weighted by Crippen LogP contribution is -1.96. The van der Waals surface area contributed by atoms with Gasteiger partial charge in [0.25, 0.3) is 5.89 Å². The molecule has 0 unspecified atom stereocenters. The second-order valence-electron chi connectivity index (χ2n) is 4.31. The van der Waals surface area contributed by atoms with Gasteiger partial charge in [0.1, 0.15) is 5.69 Å². The van der Waals surface area contributed by atoms with Gasteiger partial charge in [-0.25, -0.2) is 0 Å². The van der Waals surface area contributed by atoms with Gasteiger partial charge in [0.15, 0.2) is 0 Å². The van der Waals surface area contributed by atoms with Crippen LogP contribution in [0, 0.1) is 0 Å². The molecule has 0 spiro atoms. The Labute approximate surface area is 134 Å². The van der Waals surface area contributed by atoms with Gasteiger partial charge in [-0.05, 0) is 45.8 Å². The van der Waals surface area contributed by atoms with E-state index >= 15 is 0 Å².